The summed E-state index contributed by atoms with van der Waals surface area (Å²) in [6, 6.07) is 0.157. The first-order valence-electron chi connectivity index (χ1n) is 2.81. The highest BCUT2D eigenvalue weighted by molar-refractivity contribution is 5.15. The molecule has 2 nitrogen and oxygen atoms in total. The number of rotatable bonds is 0. The van der Waals surface area contributed by atoms with Crippen molar-refractivity contribution in [3.8, 4) is 11.8 Å². The SMILES string of the molecule is NC1C#CC(N)CC1. The van der Waals surface area contributed by atoms with Crippen molar-refractivity contribution in [2.75, 3.05) is 0 Å². The number of nitrogens with two attached hydrogens (primary N) is 2. The molecule has 0 amide bonds. The van der Waals surface area contributed by atoms with Crippen molar-refractivity contribution in [1.82, 2.24) is 0 Å². The molecule has 0 heterocycles. The summed E-state index contributed by atoms with van der Waals surface area (Å²) in [5, 5.41) is 0. The Hall–Kier alpha value is -0.520. The maximum atomic E-state index is 5.47. The summed E-state index contributed by atoms with van der Waals surface area (Å²) >= 11 is 0. The Morgan fingerprint density at radius 1 is 1.00 bits per heavy atom. The van der Waals surface area contributed by atoms with Gasteiger partial charge in [0.25, 0.3) is 0 Å². The van der Waals surface area contributed by atoms with Crippen LogP contribution in [-0.2, 0) is 0 Å². The van der Waals surface area contributed by atoms with Crippen LogP contribution in [0.3, 0.4) is 0 Å². The normalized spacial score (nSPS) is 35.8. The molecule has 1 rings (SSSR count). The highest BCUT2D eigenvalue weighted by Gasteiger charge is 2.06. The van der Waals surface area contributed by atoms with E-state index in [1.165, 1.54) is 0 Å². The quantitative estimate of drug-likeness (QED) is 0.411. The lowest BCUT2D eigenvalue weighted by atomic mass is 10.0. The lowest BCUT2D eigenvalue weighted by molar-refractivity contribution is 0.620. The highest BCUT2D eigenvalue weighted by Crippen LogP contribution is 2.00. The molecule has 0 bridgehead atoms. The zero-order valence-corrected chi connectivity index (χ0v) is 4.72. The Morgan fingerprint density at radius 2 is 1.38 bits per heavy atom. The minimum Gasteiger partial charge on any atom is -0.318 e. The molecular weight excluding hydrogens is 100 g/mol. The van der Waals surface area contributed by atoms with Crippen LogP contribution in [0, 0.1) is 11.8 Å². The first-order chi connectivity index (χ1) is 3.79. The second kappa shape index (κ2) is 2.17. The average Bonchev–Trinajstić information content (AvgIpc) is 1.77. The van der Waals surface area contributed by atoms with Gasteiger partial charge in [-0.25, -0.2) is 0 Å². The summed E-state index contributed by atoms with van der Waals surface area (Å²) in [6.07, 6.45) is 1.91. The number of hydrogen-bond donors (Lipinski definition) is 2. The third-order valence-corrected chi connectivity index (χ3v) is 1.24. The van der Waals surface area contributed by atoms with E-state index in [1.54, 1.807) is 0 Å². The molecular formula is C6H10N2. The van der Waals surface area contributed by atoms with Gasteiger partial charge in [-0.2, -0.15) is 0 Å². The van der Waals surface area contributed by atoms with E-state index in [4.69, 9.17) is 11.5 Å². The zero-order valence-electron chi connectivity index (χ0n) is 4.72. The fourth-order valence-corrected chi connectivity index (χ4v) is 0.718. The summed E-state index contributed by atoms with van der Waals surface area (Å²) in [5.41, 5.74) is 10.9. The fraction of sp³-hybridized carbons (Fsp3) is 0.667. The zero-order chi connectivity index (χ0) is 5.98. The van der Waals surface area contributed by atoms with Gasteiger partial charge in [-0.3, -0.25) is 0 Å². The molecule has 0 aromatic heterocycles. The highest BCUT2D eigenvalue weighted by atomic mass is 14.7. The van der Waals surface area contributed by atoms with E-state index in [0.717, 1.165) is 12.8 Å². The van der Waals surface area contributed by atoms with Crippen LogP contribution in [0.5, 0.6) is 0 Å². The summed E-state index contributed by atoms with van der Waals surface area (Å²) in [6.45, 7) is 0. The minimum absolute atomic E-state index is 0.0785. The van der Waals surface area contributed by atoms with Crippen LogP contribution in [0.2, 0.25) is 0 Å². The van der Waals surface area contributed by atoms with Crippen LogP contribution < -0.4 is 11.5 Å². The summed E-state index contributed by atoms with van der Waals surface area (Å²) in [7, 11) is 0. The van der Waals surface area contributed by atoms with Gasteiger partial charge in [0.05, 0.1) is 12.1 Å². The second-order valence-corrected chi connectivity index (χ2v) is 2.08. The van der Waals surface area contributed by atoms with Crippen LogP contribution in [0.25, 0.3) is 0 Å². The molecule has 0 saturated carbocycles. The van der Waals surface area contributed by atoms with Gasteiger partial charge >= 0.3 is 0 Å². The van der Waals surface area contributed by atoms with Crippen molar-refractivity contribution in [2.24, 2.45) is 11.5 Å². The average molecular weight is 110 g/mol. The lowest BCUT2D eigenvalue weighted by Gasteiger charge is -2.11. The van der Waals surface area contributed by atoms with Crippen LogP contribution >= 0.6 is 0 Å². The summed E-state index contributed by atoms with van der Waals surface area (Å²) < 4.78 is 0. The molecule has 2 atom stereocenters. The second-order valence-electron chi connectivity index (χ2n) is 2.08. The van der Waals surface area contributed by atoms with Gasteiger partial charge in [-0.05, 0) is 12.8 Å². The monoisotopic (exact) mass is 110 g/mol. The van der Waals surface area contributed by atoms with E-state index in [2.05, 4.69) is 11.8 Å². The molecule has 0 aliphatic heterocycles. The van der Waals surface area contributed by atoms with Crippen LogP contribution in [0.15, 0.2) is 0 Å². The Morgan fingerprint density at radius 3 is 1.62 bits per heavy atom. The molecule has 8 heavy (non-hydrogen) atoms. The molecule has 0 aromatic carbocycles. The molecule has 1 aliphatic rings. The first kappa shape index (κ1) is 5.61. The third kappa shape index (κ3) is 1.22. The lowest BCUT2D eigenvalue weighted by Crippen LogP contribution is -2.28. The number of hydrogen-bond acceptors (Lipinski definition) is 2. The predicted octanol–water partition coefficient (Wildman–Crippen LogP) is -0.562. The molecule has 0 spiro atoms. The van der Waals surface area contributed by atoms with Crippen LogP contribution in [0.1, 0.15) is 12.8 Å². The summed E-state index contributed by atoms with van der Waals surface area (Å²) in [4.78, 5) is 0. The Balaban J connectivity index is 2.52. The molecule has 2 heteroatoms. The van der Waals surface area contributed by atoms with E-state index < -0.39 is 0 Å². The van der Waals surface area contributed by atoms with E-state index in [1.807, 2.05) is 0 Å². The standard InChI is InChI=1S/C6H10N2/c7-5-1-2-6(8)4-3-5/h5-6H,1-2,7-8H2. The molecule has 0 aromatic rings. The van der Waals surface area contributed by atoms with E-state index >= 15 is 0 Å². The van der Waals surface area contributed by atoms with Gasteiger partial charge in [0, 0.05) is 0 Å². The van der Waals surface area contributed by atoms with Gasteiger partial charge in [0.15, 0.2) is 0 Å². The van der Waals surface area contributed by atoms with Crippen molar-refractivity contribution < 1.29 is 0 Å². The molecule has 44 valence electrons. The minimum atomic E-state index is 0.0785. The van der Waals surface area contributed by atoms with Gasteiger partial charge in [-0.1, -0.05) is 11.8 Å². The Bertz CT molecular complexity index is 117. The molecule has 0 fully saturated rings. The van der Waals surface area contributed by atoms with Gasteiger partial charge in [0.1, 0.15) is 0 Å². The molecule has 1 aliphatic carbocycles. The van der Waals surface area contributed by atoms with Gasteiger partial charge in [-0.15, -0.1) is 0 Å². The van der Waals surface area contributed by atoms with E-state index in [9.17, 15) is 0 Å². The van der Waals surface area contributed by atoms with Crippen LogP contribution in [-0.4, -0.2) is 12.1 Å². The predicted molar refractivity (Wildman–Crippen MR) is 33.0 cm³/mol. The van der Waals surface area contributed by atoms with Gasteiger partial charge < -0.3 is 11.5 Å². The van der Waals surface area contributed by atoms with Crippen molar-refractivity contribution in [3.63, 3.8) is 0 Å². The smallest absolute Gasteiger partial charge is 0.0666 e. The van der Waals surface area contributed by atoms with Gasteiger partial charge in [0.2, 0.25) is 0 Å². The van der Waals surface area contributed by atoms with E-state index in [-0.39, 0.29) is 12.1 Å². The van der Waals surface area contributed by atoms with Crippen molar-refractivity contribution >= 4 is 0 Å². The molecule has 4 N–H and O–H groups in total. The third-order valence-electron chi connectivity index (χ3n) is 1.24. The Kier molecular flexibility index (Phi) is 1.52. The van der Waals surface area contributed by atoms with Crippen molar-refractivity contribution in [3.05, 3.63) is 0 Å². The molecule has 0 saturated heterocycles. The maximum absolute atomic E-state index is 5.47. The topological polar surface area (TPSA) is 52.0 Å². The van der Waals surface area contributed by atoms with E-state index in [0.29, 0.717) is 0 Å². The maximum Gasteiger partial charge on any atom is 0.0666 e. The largest absolute Gasteiger partial charge is 0.318 e. The first-order valence-corrected chi connectivity index (χ1v) is 2.81. The van der Waals surface area contributed by atoms with Crippen molar-refractivity contribution in [2.45, 2.75) is 24.9 Å². The molecule has 2 unspecified atom stereocenters. The molecule has 0 radical (unpaired) electrons. The fourth-order valence-electron chi connectivity index (χ4n) is 0.718. The Labute approximate surface area is 49.2 Å². The summed E-state index contributed by atoms with van der Waals surface area (Å²) in [5.74, 6) is 5.67. The van der Waals surface area contributed by atoms with Crippen LogP contribution in [0.4, 0.5) is 0 Å². The van der Waals surface area contributed by atoms with Crippen molar-refractivity contribution in [1.29, 1.82) is 0 Å².